The van der Waals surface area contributed by atoms with Gasteiger partial charge in [-0.05, 0) is 6.42 Å². The Bertz CT molecular complexity index is 255. The third-order valence-electron chi connectivity index (χ3n) is 1.63. The Morgan fingerprint density at radius 1 is 1.83 bits per heavy atom. The molecule has 0 N–H and O–H groups in total. The Hall–Kier alpha value is -0.740. The molecule has 0 aliphatic heterocycles. The average molecular weight is 185 g/mol. The van der Waals surface area contributed by atoms with Crippen molar-refractivity contribution in [3.8, 4) is 0 Å². The molecule has 0 aliphatic carbocycles. The number of methoxy groups -OCH3 is 1. The van der Waals surface area contributed by atoms with Crippen LogP contribution in [0.15, 0.2) is 5.38 Å². The van der Waals surface area contributed by atoms with E-state index in [1.165, 1.54) is 11.3 Å². The number of carbonyl (C=O) groups excluding carboxylic acids is 1. The quantitative estimate of drug-likeness (QED) is 0.674. The summed E-state index contributed by atoms with van der Waals surface area (Å²) in [5.74, 6) is 0. The van der Waals surface area contributed by atoms with Crippen LogP contribution in [0.25, 0.3) is 0 Å². The van der Waals surface area contributed by atoms with Crippen LogP contribution in [0.2, 0.25) is 0 Å². The zero-order chi connectivity index (χ0) is 8.97. The Morgan fingerprint density at radius 2 is 2.58 bits per heavy atom. The molecule has 66 valence electrons. The lowest BCUT2D eigenvalue weighted by Crippen LogP contribution is -1.99. The van der Waals surface area contributed by atoms with Gasteiger partial charge in [-0.2, -0.15) is 0 Å². The second-order valence-electron chi connectivity index (χ2n) is 2.36. The summed E-state index contributed by atoms with van der Waals surface area (Å²) in [5, 5.41) is 2.38. The van der Waals surface area contributed by atoms with E-state index in [0.29, 0.717) is 5.01 Å². The van der Waals surface area contributed by atoms with E-state index in [1.54, 1.807) is 7.11 Å². The van der Waals surface area contributed by atoms with Crippen LogP contribution in [0, 0.1) is 0 Å². The van der Waals surface area contributed by atoms with Gasteiger partial charge in [0, 0.05) is 12.5 Å². The summed E-state index contributed by atoms with van der Waals surface area (Å²) in [6, 6.07) is 0. The molecule has 1 atom stereocenters. The Morgan fingerprint density at radius 3 is 3.00 bits per heavy atom. The summed E-state index contributed by atoms with van der Waals surface area (Å²) in [5.41, 5.74) is 0.854. The monoisotopic (exact) mass is 185 g/mol. The van der Waals surface area contributed by atoms with Gasteiger partial charge in [-0.25, -0.2) is 4.98 Å². The van der Waals surface area contributed by atoms with Crippen molar-refractivity contribution >= 4 is 17.6 Å². The van der Waals surface area contributed by atoms with Gasteiger partial charge in [0.25, 0.3) is 0 Å². The van der Waals surface area contributed by atoms with E-state index in [9.17, 15) is 4.79 Å². The van der Waals surface area contributed by atoms with E-state index in [1.807, 2.05) is 12.3 Å². The summed E-state index contributed by atoms with van der Waals surface area (Å²) in [4.78, 5) is 14.4. The minimum absolute atomic E-state index is 0.0231. The van der Waals surface area contributed by atoms with Crippen LogP contribution in [-0.2, 0) is 4.74 Å². The smallest absolute Gasteiger partial charge is 0.178 e. The van der Waals surface area contributed by atoms with Crippen molar-refractivity contribution in [1.29, 1.82) is 0 Å². The lowest BCUT2D eigenvalue weighted by Gasteiger charge is -2.08. The molecule has 3 nitrogen and oxygen atoms in total. The number of rotatable bonds is 4. The van der Waals surface area contributed by atoms with E-state index in [-0.39, 0.29) is 6.10 Å². The highest BCUT2D eigenvalue weighted by Crippen LogP contribution is 2.21. The van der Waals surface area contributed by atoms with Crippen LogP contribution in [-0.4, -0.2) is 18.4 Å². The first-order valence-electron chi connectivity index (χ1n) is 3.75. The zero-order valence-corrected chi connectivity index (χ0v) is 7.93. The normalized spacial score (nSPS) is 12.8. The van der Waals surface area contributed by atoms with Crippen LogP contribution in [0.5, 0.6) is 0 Å². The van der Waals surface area contributed by atoms with Crippen LogP contribution in [0.3, 0.4) is 0 Å². The highest BCUT2D eigenvalue weighted by atomic mass is 32.1. The van der Waals surface area contributed by atoms with Crippen molar-refractivity contribution in [2.75, 3.05) is 7.11 Å². The lowest BCUT2D eigenvalue weighted by atomic mass is 10.2. The summed E-state index contributed by atoms with van der Waals surface area (Å²) in [7, 11) is 1.65. The zero-order valence-electron chi connectivity index (χ0n) is 7.11. The minimum atomic E-state index is 0.0231. The molecule has 1 aromatic heterocycles. The predicted octanol–water partition coefficient (Wildman–Crippen LogP) is 2.05. The van der Waals surface area contributed by atoms with E-state index >= 15 is 0 Å². The average Bonchev–Trinajstić information content (AvgIpc) is 2.55. The first kappa shape index (κ1) is 9.35. The Kier molecular flexibility index (Phi) is 3.37. The number of hydrogen-bond donors (Lipinski definition) is 0. The topological polar surface area (TPSA) is 39.2 Å². The molecule has 0 saturated carbocycles. The van der Waals surface area contributed by atoms with Crippen LogP contribution >= 0.6 is 11.3 Å². The summed E-state index contributed by atoms with van der Waals surface area (Å²) < 4.78 is 5.17. The molecule has 12 heavy (non-hydrogen) atoms. The third-order valence-corrected chi connectivity index (χ3v) is 2.41. The van der Waals surface area contributed by atoms with Gasteiger partial charge in [0.15, 0.2) is 11.3 Å². The molecular weight excluding hydrogens is 174 g/mol. The van der Waals surface area contributed by atoms with Crippen LogP contribution in [0.4, 0.5) is 0 Å². The maximum Gasteiger partial charge on any atom is 0.178 e. The molecule has 0 aliphatic rings. The van der Waals surface area contributed by atoms with Crippen molar-refractivity contribution in [1.82, 2.24) is 4.98 Å². The maximum absolute atomic E-state index is 10.3. The Labute approximate surface area is 75.4 Å². The second-order valence-corrected chi connectivity index (χ2v) is 3.25. The van der Waals surface area contributed by atoms with Gasteiger partial charge in [0.1, 0.15) is 0 Å². The van der Waals surface area contributed by atoms with Crippen molar-refractivity contribution in [3.05, 3.63) is 16.1 Å². The lowest BCUT2D eigenvalue weighted by molar-refractivity contribution is 0.0966. The van der Waals surface area contributed by atoms with E-state index in [4.69, 9.17) is 4.74 Å². The first-order valence-corrected chi connectivity index (χ1v) is 4.63. The van der Waals surface area contributed by atoms with Crippen molar-refractivity contribution in [3.63, 3.8) is 0 Å². The molecule has 0 amide bonds. The first-order chi connectivity index (χ1) is 5.81. The molecule has 1 unspecified atom stereocenters. The highest BCUT2D eigenvalue weighted by Gasteiger charge is 2.11. The largest absolute Gasteiger partial charge is 0.375 e. The molecular formula is C8H11NO2S. The summed E-state index contributed by atoms with van der Waals surface area (Å²) in [6.07, 6.45) is 1.66. The summed E-state index contributed by atoms with van der Waals surface area (Å²) in [6.45, 7) is 2.02. The molecule has 1 aromatic rings. The number of thiazole rings is 1. The van der Waals surface area contributed by atoms with Crippen molar-refractivity contribution in [2.24, 2.45) is 0 Å². The molecule has 0 aromatic carbocycles. The number of nitrogens with zero attached hydrogens (tertiary/aromatic N) is 1. The minimum Gasteiger partial charge on any atom is -0.375 e. The van der Waals surface area contributed by atoms with Gasteiger partial charge in [0.2, 0.25) is 0 Å². The fourth-order valence-electron chi connectivity index (χ4n) is 0.999. The second kappa shape index (κ2) is 4.33. The van der Waals surface area contributed by atoms with E-state index in [0.717, 1.165) is 18.4 Å². The molecule has 0 bridgehead atoms. The number of aromatic nitrogens is 1. The van der Waals surface area contributed by atoms with Gasteiger partial charge < -0.3 is 4.74 Å². The van der Waals surface area contributed by atoms with Crippen LogP contribution in [0.1, 0.15) is 34.9 Å². The molecule has 0 saturated heterocycles. The van der Waals surface area contributed by atoms with Gasteiger partial charge in [-0.15, -0.1) is 11.3 Å². The number of aldehydes is 1. The van der Waals surface area contributed by atoms with Crippen molar-refractivity contribution in [2.45, 2.75) is 19.4 Å². The number of hydrogen-bond acceptors (Lipinski definition) is 4. The molecule has 1 rings (SSSR count). The predicted molar refractivity (Wildman–Crippen MR) is 47.5 cm³/mol. The fraction of sp³-hybridized carbons (Fsp3) is 0.500. The molecule has 0 spiro atoms. The third kappa shape index (κ3) is 1.89. The van der Waals surface area contributed by atoms with Crippen LogP contribution < -0.4 is 0 Å². The molecule has 0 radical (unpaired) electrons. The highest BCUT2D eigenvalue weighted by molar-refractivity contribution is 7.11. The number of ether oxygens (including phenoxy) is 1. The molecule has 4 heteroatoms. The fourth-order valence-corrected chi connectivity index (χ4v) is 1.66. The van der Waals surface area contributed by atoms with Gasteiger partial charge >= 0.3 is 0 Å². The van der Waals surface area contributed by atoms with Gasteiger partial charge in [-0.3, -0.25) is 4.79 Å². The SMILES string of the molecule is CCC(OC)c1csc(C=O)n1. The van der Waals surface area contributed by atoms with E-state index in [2.05, 4.69) is 4.98 Å². The van der Waals surface area contributed by atoms with Gasteiger partial charge in [0.05, 0.1) is 11.8 Å². The van der Waals surface area contributed by atoms with Crippen molar-refractivity contribution < 1.29 is 9.53 Å². The standard InChI is InChI=1S/C8H11NO2S/c1-3-7(11-2)6-5-12-8(4-10)9-6/h4-5,7H,3H2,1-2H3. The Balaban J connectivity index is 2.79. The molecule has 1 heterocycles. The molecule has 0 fully saturated rings. The van der Waals surface area contributed by atoms with E-state index < -0.39 is 0 Å². The van der Waals surface area contributed by atoms with Gasteiger partial charge in [-0.1, -0.05) is 6.92 Å². The summed E-state index contributed by atoms with van der Waals surface area (Å²) >= 11 is 1.35. The maximum atomic E-state index is 10.3. The number of carbonyl (C=O) groups is 1.